The molecule has 0 heterocycles. The van der Waals surface area contributed by atoms with Crippen molar-refractivity contribution in [2.24, 2.45) is 17.0 Å². The maximum atomic E-state index is 10.4. The molecule has 14 heavy (non-hydrogen) atoms. The average Bonchev–Trinajstić information content (AvgIpc) is 2.20. The Morgan fingerprint density at radius 3 is 2.86 bits per heavy atom. The zero-order valence-corrected chi connectivity index (χ0v) is 8.73. The van der Waals surface area contributed by atoms with Gasteiger partial charge in [-0.1, -0.05) is 12.1 Å². The average molecular weight is 198 g/mol. The summed E-state index contributed by atoms with van der Waals surface area (Å²) in [4.78, 5) is 10.4. The minimum Gasteiger partial charge on any atom is -0.411 e. The van der Waals surface area contributed by atoms with Crippen molar-refractivity contribution in [3.63, 3.8) is 0 Å². The molecular formula is C10H18N2O2. The largest absolute Gasteiger partial charge is 0.411 e. The smallest absolute Gasteiger partial charge is 0.207 e. The maximum absolute atomic E-state index is 10.4. The van der Waals surface area contributed by atoms with Gasteiger partial charge < -0.3 is 10.5 Å². The summed E-state index contributed by atoms with van der Waals surface area (Å²) in [6.07, 6.45) is 3.77. The summed E-state index contributed by atoms with van der Waals surface area (Å²) in [6, 6.07) is 0.225. The van der Waals surface area contributed by atoms with Crippen molar-refractivity contribution in [2.45, 2.75) is 39.2 Å². The Morgan fingerprint density at radius 2 is 2.29 bits per heavy atom. The van der Waals surface area contributed by atoms with Gasteiger partial charge in [0, 0.05) is 12.0 Å². The SMILES string of the molecule is CC(=NO)C1CCC(C)C(NC=O)C1. The van der Waals surface area contributed by atoms with Gasteiger partial charge in [0.25, 0.3) is 0 Å². The molecule has 0 spiro atoms. The number of carbonyl (C=O) groups is 1. The number of rotatable bonds is 3. The monoisotopic (exact) mass is 198 g/mol. The number of hydrogen-bond donors (Lipinski definition) is 2. The third-order valence-electron chi connectivity index (χ3n) is 3.23. The van der Waals surface area contributed by atoms with Crippen LogP contribution in [0, 0.1) is 11.8 Å². The first kappa shape index (κ1) is 11.0. The quantitative estimate of drug-likeness (QED) is 0.311. The van der Waals surface area contributed by atoms with E-state index >= 15 is 0 Å². The fourth-order valence-corrected chi connectivity index (χ4v) is 2.10. The van der Waals surface area contributed by atoms with E-state index < -0.39 is 0 Å². The molecule has 0 saturated heterocycles. The van der Waals surface area contributed by atoms with Crippen LogP contribution in [0.1, 0.15) is 33.1 Å². The summed E-state index contributed by atoms with van der Waals surface area (Å²) >= 11 is 0. The molecule has 3 atom stereocenters. The maximum Gasteiger partial charge on any atom is 0.207 e. The highest BCUT2D eigenvalue weighted by atomic mass is 16.4. The number of hydrogen-bond acceptors (Lipinski definition) is 3. The summed E-state index contributed by atoms with van der Waals surface area (Å²) < 4.78 is 0. The van der Waals surface area contributed by atoms with Crippen LogP contribution in [0.4, 0.5) is 0 Å². The van der Waals surface area contributed by atoms with E-state index in [1.165, 1.54) is 0 Å². The number of oxime groups is 1. The van der Waals surface area contributed by atoms with Gasteiger partial charge in [-0.05, 0) is 32.1 Å². The predicted molar refractivity (Wildman–Crippen MR) is 54.4 cm³/mol. The third-order valence-corrected chi connectivity index (χ3v) is 3.23. The van der Waals surface area contributed by atoms with Gasteiger partial charge in [-0.2, -0.15) is 0 Å². The first-order chi connectivity index (χ1) is 6.69. The molecule has 2 N–H and O–H groups in total. The number of amides is 1. The molecule has 1 aliphatic rings. The molecular weight excluding hydrogens is 180 g/mol. The van der Waals surface area contributed by atoms with Gasteiger partial charge >= 0.3 is 0 Å². The second kappa shape index (κ2) is 4.98. The minimum atomic E-state index is 0.225. The van der Waals surface area contributed by atoms with E-state index in [2.05, 4.69) is 17.4 Å². The Hall–Kier alpha value is -1.06. The molecule has 1 aliphatic carbocycles. The summed E-state index contributed by atoms with van der Waals surface area (Å²) in [7, 11) is 0. The minimum absolute atomic E-state index is 0.225. The van der Waals surface area contributed by atoms with Crippen molar-refractivity contribution < 1.29 is 10.0 Å². The molecule has 1 saturated carbocycles. The van der Waals surface area contributed by atoms with E-state index in [9.17, 15) is 4.79 Å². The molecule has 3 unspecified atom stereocenters. The van der Waals surface area contributed by atoms with E-state index in [0.717, 1.165) is 31.4 Å². The van der Waals surface area contributed by atoms with E-state index in [0.29, 0.717) is 11.8 Å². The van der Waals surface area contributed by atoms with E-state index in [4.69, 9.17) is 5.21 Å². The van der Waals surface area contributed by atoms with Crippen molar-refractivity contribution in [1.29, 1.82) is 0 Å². The van der Waals surface area contributed by atoms with Crippen molar-refractivity contribution in [3.05, 3.63) is 0 Å². The highest BCUT2D eigenvalue weighted by Gasteiger charge is 2.28. The Morgan fingerprint density at radius 1 is 1.57 bits per heavy atom. The van der Waals surface area contributed by atoms with E-state index in [1.54, 1.807) is 0 Å². The summed E-state index contributed by atoms with van der Waals surface area (Å²) in [5.74, 6) is 0.830. The molecule has 4 heteroatoms. The van der Waals surface area contributed by atoms with E-state index in [1.807, 2.05) is 6.92 Å². The van der Waals surface area contributed by atoms with Crippen LogP contribution in [0.5, 0.6) is 0 Å². The van der Waals surface area contributed by atoms with Crippen LogP contribution in [0.3, 0.4) is 0 Å². The fraction of sp³-hybridized carbons (Fsp3) is 0.800. The molecule has 0 aliphatic heterocycles. The standard InChI is InChI=1S/C10H18N2O2/c1-7-3-4-9(8(2)12-14)5-10(7)11-6-13/h6-7,9-10,14H,3-5H2,1-2H3,(H,11,13). The molecule has 0 aromatic heterocycles. The molecule has 0 bridgehead atoms. The molecule has 4 nitrogen and oxygen atoms in total. The number of carbonyl (C=O) groups excluding carboxylic acids is 1. The molecule has 0 aromatic rings. The lowest BCUT2D eigenvalue weighted by atomic mass is 9.77. The van der Waals surface area contributed by atoms with Crippen molar-refractivity contribution >= 4 is 12.1 Å². The van der Waals surface area contributed by atoms with Crippen LogP contribution in [-0.2, 0) is 4.79 Å². The fourth-order valence-electron chi connectivity index (χ4n) is 2.10. The summed E-state index contributed by atoms with van der Waals surface area (Å²) in [6.45, 7) is 3.97. The lowest BCUT2D eigenvalue weighted by Gasteiger charge is -2.33. The third kappa shape index (κ3) is 2.47. The van der Waals surface area contributed by atoms with Crippen LogP contribution in [-0.4, -0.2) is 23.4 Å². The van der Waals surface area contributed by atoms with Crippen LogP contribution in [0.25, 0.3) is 0 Å². The van der Waals surface area contributed by atoms with Crippen LogP contribution in [0.15, 0.2) is 5.16 Å². The van der Waals surface area contributed by atoms with Gasteiger partial charge in [-0.25, -0.2) is 0 Å². The first-order valence-electron chi connectivity index (χ1n) is 5.07. The Kier molecular flexibility index (Phi) is 3.92. The summed E-state index contributed by atoms with van der Waals surface area (Å²) in [5, 5.41) is 14.7. The van der Waals surface area contributed by atoms with Gasteiger partial charge in [0.05, 0.1) is 5.71 Å². The highest BCUT2D eigenvalue weighted by molar-refractivity contribution is 5.83. The van der Waals surface area contributed by atoms with Gasteiger partial charge in [-0.15, -0.1) is 0 Å². The first-order valence-corrected chi connectivity index (χ1v) is 5.07. The van der Waals surface area contributed by atoms with Gasteiger partial charge in [-0.3, -0.25) is 4.79 Å². The van der Waals surface area contributed by atoms with Crippen molar-refractivity contribution in [1.82, 2.24) is 5.32 Å². The van der Waals surface area contributed by atoms with Crippen molar-refractivity contribution in [3.8, 4) is 0 Å². The second-order valence-electron chi connectivity index (χ2n) is 4.12. The van der Waals surface area contributed by atoms with Gasteiger partial charge in [0.1, 0.15) is 0 Å². The van der Waals surface area contributed by atoms with Gasteiger partial charge in [0.15, 0.2) is 0 Å². The van der Waals surface area contributed by atoms with E-state index in [-0.39, 0.29) is 6.04 Å². The van der Waals surface area contributed by atoms with Gasteiger partial charge in [0.2, 0.25) is 6.41 Å². The zero-order valence-electron chi connectivity index (χ0n) is 8.73. The highest BCUT2D eigenvalue weighted by Crippen LogP contribution is 2.29. The second-order valence-corrected chi connectivity index (χ2v) is 4.12. The van der Waals surface area contributed by atoms with Crippen LogP contribution >= 0.6 is 0 Å². The van der Waals surface area contributed by atoms with Crippen molar-refractivity contribution in [2.75, 3.05) is 0 Å². The Labute approximate surface area is 84.4 Å². The summed E-state index contributed by atoms with van der Waals surface area (Å²) in [5.41, 5.74) is 0.773. The molecule has 1 amide bonds. The molecule has 0 aromatic carbocycles. The molecule has 80 valence electrons. The Balaban J connectivity index is 2.56. The lowest BCUT2D eigenvalue weighted by Crippen LogP contribution is -2.40. The van der Waals surface area contributed by atoms with Crippen LogP contribution < -0.4 is 5.32 Å². The predicted octanol–water partition coefficient (Wildman–Crippen LogP) is 1.39. The lowest BCUT2D eigenvalue weighted by molar-refractivity contribution is -0.110. The molecule has 0 radical (unpaired) electrons. The number of nitrogens with zero attached hydrogens (tertiary/aromatic N) is 1. The normalized spacial score (nSPS) is 33.9. The van der Waals surface area contributed by atoms with Crippen LogP contribution in [0.2, 0.25) is 0 Å². The Bertz CT molecular complexity index is 228. The molecule has 1 rings (SSSR count). The topological polar surface area (TPSA) is 61.7 Å². The molecule has 1 fully saturated rings. The zero-order chi connectivity index (χ0) is 10.6. The number of nitrogens with one attached hydrogen (secondary N) is 1.